The highest BCUT2D eigenvalue weighted by atomic mass is 15.3. The molecule has 1 saturated carbocycles. The minimum absolute atomic E-state index is 0.709. The lowest BCUT2D eigenvalue weighted by molar-refractivity contribution is 0.0470. The molecule has 1 saturated heterocycles. The predicted molar refractivity (Wildman–Crippen MR) is 63.8 cm³/mol. The van der Waals surface area contributed by atoms with E-state index in [0.717, 1.165) is 18.5 Å². The maximum absolute atomic E-state index is 5.87. The van der Waals surface area contributed by atoms with Gasteiger partial charge < -0.3 is 10.6 Å². The number of rotatable bonds is 2. The molecule has 0 bridgehead atoms. The van der Waals surface area contributed by atoms with Crippen LogP contribution in [0.2, 0.25) is 0 Å². The summed E-state index contributed by atoms with van der Waals surface area (Å²) in [5.74, 6) is 0.760. The fourth-order valence-electron chi connectivity index (χ4n) is 3.38. The normalized spacial score (nSPS) is 39.8. The van der Waals surface area contributed by atoms with Gasteiger partial charge in [-0.15, -0.1) is 0 Å². The molecular weight excluding hydrogens is 186 g/mol. The summed E-state index contributed by atoms with van der Waals surface area (Å²) < 4.78 is 0. The van der Waals surface area contributed by atoms with Gasteiger partial charge in [0.05, 0.1) is 0 Å². The van der Waals surface area contributed by atoms with Crippen molar-refractivity contribution in [2.75, 3.05) is 33.2 Å². The van der Waals surface area contributed by atoms with Crippen LogP contribution in [-0.4, -0.2) is 55.1 Å². The van der Waals surface area contributed by atoms with Crippen molar-refractivity contribution in [3.8, 4) is 0 Å². The molecular formula is C12H25N3. The van der Waals surface area contributed by atoms with Gasteiger partial charge in [-0.3, -0.25) is 4.90 Å². The molecule has 2 aliphatic rings. The van der Waals surface area contributed by atoms with Crippen molar-refractivity contribution in [3.63, 3.8) is 0 Å². The van der Waals surface area contributed by atoms with Gasteiger partial charge in [0, 0.05) is 31.7 Å². The quantitative estimate of drug-likeness (QED) is 0.731. The van der Waals surface area contributed by atoms with Crippen LogP contribution in [0.5, 0.6) is 0 Å². The van der Waals surface area contributed by atoms with E-state index < -0.39 is 0 Å². The van der Waals surface area contributed by atoms with E-state index in [1.807, 2.05) is 0 Å². The Morgan fingerprint density at radius 1 is 1.27 bits per heavy atom. The summed E-state index contributed by atoms with van der Waals surface area (Å²) in [5, 5.41) is 0. The van der Waals surface area contributed by atoms with E-state index in [4.69, 9.17) is 5.73 Å². The summed E-state index contributed by atoms with van der Waals surface area (Å²) in [6.07, 6.45) is 4.10. The van der Waals surface area contributed by atoms with Crippen molar-refractivity contribution in [1.82, 2.24) is 9.80 Å². The lowest BCUT2D eigenvalue weighted by atomic mass is 9.99. The van der Waals surface area contributed by atoms with Crippen molar-refractivity contribution in [2.45, 2.75) is 38.3 Å². The van der Waals surface area contributed by atoms with Gasteiger partial charge in [0.15, 0.2) is 0 Å². The van der Waals surface area contributed by atoms with Gasteiger partial charge in [-0.2, -0.15) is 0 Å². The largest absolute Gasteiger partial charge is 0.330 e. The van der Waals surface area contributed by atoms with E-state index in [2.05, 4.69) is 23.8 Å². The number of hydrogen-bond acceptors (Lipinski definition) is 3. The second-order valence-corrected chi connectivity index (χ2v) is 5.34. The van der Waals surface area contributed by atoms with E-state index in [-0.39, 0.29) is 0 Å². The average molecular weight is 211 g/mol. The Kier molecular flexibility index (Phi) is 3.65. The molecule has 2 rings (SSSR count). The number of piperazine rings is 1. The molecule has 0 radical (unpaired) electrons. The molecule has 0 amide bonds. The first-order valence-electron chi connectivity index (χ1n) is 6.36. The Morgan fingerprint density at radius 3 is 2.73 bits per heavy atom. The van der Waals surface area contributed by atoms with Crippen molar-refractivity contribution in [3.05, 3.63) is 0 Å². The molecule has 1 heterocycles. The molecule has 3 heteroatoms. The van der Waals surface area contributed by atoms with Gasteiger partial charge in [-0.25, -0.2) is 0 Å². The maximum Gasteiger partial charge on any atom is 0.0198 e. The zero-order valence-corrected chi connectivity index (χ0v) is 10.2. The molecule has 3 atom stereocenters. The van der Waals surface area contributed by atoms with Crippen LogP contribution in [0.15, 0.2) is 0 Å². The molecule has 3 unspecified atom stereocenters. The summed E-state index contributed by atoms with van der Waals surface area (Å²) in [4.78, 5) is 5.15. The van der Waals surface area contributed by atoms with E-state index in [1.165, 1.54) is 38.9 Å². The molecule has 3 nitrogen and oxygen atoms in total. The zero-order valence-electron chi connectivity index (χ0n) is 10.2. The van der Waals surface area contributed by atoms with E-state index in [9.17, 15) is 0 Å². The van der Waals surface area contributed by atoms with Crippen LogP contribution in [0.4, 0.5) is 0 Å². The van der Waals surface area contributed by atoms with Crippen LogP contribution in [0.25, 0.3) is 0 Å². The molecule has 1 aliphatic carbocycles. The van der Waals surface area contributed by atoms with Gasteiger partial charge in [0.1, 0.15) is 0 Å². The Labute approximate surface area is 93.6 Å². The van der Waals surface area contributed by atoms with Crippen LogP contribution >= 0.6 is 0 Å². The second kappa shape index (κ2) is 4.81. The van der Waals surface area contributed by atoms with Crippen LogP contribution in [-0.2, 0) is 0 Å². The highest BCUT2D eigenvalue weighted by Crippen LogP contribution is 2.31. The predicted octanol–water partition coefficient (Wildman–Crippen LogP) is 0.750. The molecule has 1 aliphatic heterocycles. The topological polar surface area (TPSA) is 32.5 Å². The lowest BCUT2D eigenvalue weighted by Gasteiger charge is -2.43. The minimum Gasteiger partial charge on any atom is -0.330 e. The lowest BCUT2D eigenvalue weighted by Crippen LogP contribution is -2.55. The van der Waals surface area contributed by atoms with Crippen LogP contribution in [0.1, 0.15) is 26.2 Å². The van der Waals surface area contributed by atoms with Gasteiger partial charge in [0.25, 0.3) is 0 Å². The third-order valence-electron chi connectivity index (χ3n) is 4.23. The summed E-state index contributed by atoms with van der Waals surface area (Å²) in [6, 6.07) is 1.49. The number of hydrogen-bond donors (Lipinski definition) is 1. The highest BCUT2D eigenvalue weighted by molar-refractivity contribution is 4.90. The van der Waals surface area contributed by atoms with Crippen molar-refractivity contribution in [2.24, 2.45) is 11.7 Å². The van der Waals surface area contributed by atoms with Crippen LogP contribution in [0.3, 0.4) is 0 Å². The fraction of sp³-hybridized carbons (Fsp3) is 1.00. The fourth-order valence-corrected chi connectivity index (χ4v) is 3.38. The smallest absolute Gasteiger partial charge is 0.0198 e. The van der Waals surface area contributed by atoms with E-state index in [1.54, 1.807) is 0 Å². The number of nitrogens with zero attached hydrogens (tertiary/aromatic N) is 2. The van der Waals surface area contributed by atoms with Gasteiger partial charge in [0.2, 0.25) is 0 Å². The molecule has 0 aromatic carbocycles. The molecule has 2 N–H and O–H groups in total. The van der Waals surface area contributed by atoms with E-state index in [0.29, 0.717) is 6.04 Å². The number of likely N-dealkylation sites (N-methyl/N-ethyl adjacent to an activating group) is 1. The Balaban J connectivity index is 1.97. The molecule has 2 fully saturated rings. The van der Waals surface area contributed by atoms with Crippen molar-refractivity contribution < 1.29 is 0 Å². The first-order chi connectivity index (χ1) is 7.22. The van der Waals surface area contributed by atoms with Gasteiger partial charge in [-0.05, 0) is 39.3 Å². The Bertz CT molecular complexity index is 207. The highest BCUT2D eigenvalue weighted by Gasteiger charge is 2.35. The first-order valence-corrected chi connectivity index (χ1v) is 6.36. The Morgan fingerprint density at radius 2 is 2.07 bits per heavy atom. The maximum atomic E-state index is 5.87. The summed E-state index contributed by atoms with van der Waals surface area (Å²) in [7, 11) is 2.23. The van der Waals surface area contributed by atoms with Crippen molar-refractivity contribution in [1.29, 1.82) is 0 Å². The number of nitrogens with two attached hydrogens (primary N) is 1. The van der Waals surface area contributed by atoms with Crippen LogP contribution < -0.4 is 5.73 Å². The van der Waals surface area contributed by atoms with Gasteiger partial charge >= 0.3 is 0 Å². The summed E-state index contributed by atoms with van der Waals surface area (Å²) in [5.41, 5.74) is 5.87. The summed E-state index contributed by atoms with van der Waals surface area (Å²) >= 11 is 0. The SMILES string of the molecule is CC1CN(C)CCN1C1CCCC1CN. The minimum atomic E-state index is 0.709. The zero-order chi connectivity index (χ0) is 10.8. The monoisotopic (exact) mass is 211 g/mol. The standard InChI is InChI=1S/C12H25N3/c1-10-9-14(2)6-7-15(10)12-5-3-4-11(12)8-13/h10-12H,3-9,13H2,1-2H3. The molecule has 88 valence electrons. The third kappa shape index (κ3) is 2.35. The molecule has 0 aromatic rings. The van der Waals surface area contributed by atoms with Gasteiger partial charge in [-0.1, -0.05) is 6.42 Å². The first kappa shape index (κ1) is 11.4. The van der Waals surface area contributed by atoms with Crippen LogP contribution in [0, 0.1) is 5.92 Å². The van der Waals surface area contributed by atoms with Crippen molar-refractivity contribution >= 4 is 0 Å². The van der Waals surface area contributed by atoms with E-state index >= 15 is 0 Å². The second-order valence-electron chi connectivity index (χ2n) is 5.34. The average Bonchev–Trinajstić information content (AvgIpc) is 2.65. The summed E-state index contributed by atoms with van der Waals surface area (Å²) in [6.45, 7) is 6.91. The Hall–Kier alpha value is -0.120. The molecule has 0 spiro atoms. The molecule has 0 aromatic heterocycles. The molecule has 15 heavy (non-hydrogen) atoms. The third-order valence-corrected chi connectivity index (χ3v) is 4.23.